The van der Waals surface area contributed by atoms with Gasteiger partial charge in [0.25, 0.3) is 5.56 Å². The standard InChI is InChI=1S/C23H26N6O4.C2H6/c1-14-12-18-19(13-17(14)25-9-5-15-4-2-3-8-24-15)29(10-6-16(31)7-11-30)21-20(26-18)22(32)28-23(33)27-21;1-2/h2-4,8,12-13,16,25,30-31H,5-7,9-11H2,1H3,(H,28,32,33);1-2H3. The van der Waals surface area contributed by atoms with Crippen molar-refractivity contribution < 1.29 is 10.2 Å². The molecule has 0 aliphatic carbocycles. The van der Waals surface area contributed by atoms with Crippen molar-refractivity contribution in [3.8, 4) is 11.5 Å². The van der Waals surface area contributed by atoms with E-state index in [2.05, 4.69) is 25.3 Å². The summed E-state index contributed by atoms with van der Waals surface area (Å²) in [5.41, 5.74) is 2.79. The van der Waals surface area contributed by atoms with Crippen molar-refractivity contribution in [1.29, 1.82) is 0 Å². The van der Waals surface area contributed by atoms with Gasteiger partial charge >= 0.3 is 5.69 Å². The van der Waals surface area contributed by atoms with Gasteiger partial charge in [-0.15, -0.1) is 0 Å². The highest BCUT2D eigenvalue weighted by Gasteiger charge is 2.20. The lowest BCUT2D eigenvalue weighted by atomic mass is 10.1. The molecule has 4 rings (SSSR count). The first kappa shape index (κ1) is 26.0. The van der Waals surface area contributed by atoms with E-state index in [1.54, 1.807) is 10.8 Å². The monoisotopic (exact) mass is 480 g/mol. The summed E-state index contributed by atoms with van der Waals surface area (Å²) in [6.07, 6.45) is 2.34. The molecular weight excluding hydrogens is 448 g/mol. The Morgan fingerprint density at radius 3 is 2.66 bits per heavy atom. The molecule has 0 saturated heterocycles. The molecule has 3 heterocycles. The molecule has 0 fully saturated rings. The number of fused-ring (bicyclic) bond motifs is 2. The van der Waals surface area contributed by atoms with Gasteiger partial charge in [-0.05, 0) is 49.6 Å². The Morgan fingerprint density at radius 2 is 1.94 bits per heavy atom. The number of benzene rings is 1. The molecule has 2 aliphatic rings. The SMILES string of the molecule is CC.Cc1cc2nc3c(=O)[nH]c(=O)nc-3n(CCC(O)CCO)c2cc1NCCc1ccccn1. The van der Waals surface area contributed by atoms with Crippen LogP contribution >= 0.6 is 0 Å². The summed E-state index contributed by atoms with van der Waals surface area (Å²) in [5.74, 6) is 0.163. The van der Waals surface area contributed by atoms with E-state index < -0.39 is 17.4 Å². The van der Waals surface area contributed by atoms with E-state index in [0.717, 1.165) is 23.4 Å². The van der Waals surface area contributed by atoms with Gasteiger partial charge in [0.15, 0.2) is 11.5 Å². The summed E-state index contributed by atoms with van der Waals surface area (Å²) < 4.78 is 1.73. The molecule has 2 aromatic rings. The predicted octanol–water partition coefficient (Wildman–Crippen LogP) is 2.10. The fourth-order valence-corrected chi connectivity index (χ4v) is 3.81. The van der Waals surface area contributed by atoms with E-state index in [1.807, 2.05) is 51.1 Å². The smallest absolute Gasteiger partial charge is 0.349 e. The maximum atomic E-state index is 12.4. The molecule has 2 aliphatic heterocycles. The van der Waals surface area contributed by atoms with Crippen LogP contribution in [0.3, 0.4) is 0 Å². The van der Waals surface area contributed by atoms with Crippen LogP contribution in [-0.2, 0) is 13.0 Å². The predicted molar refractivity (Wildman–Crippen MR) is 136 cm³/mol. The van der Waals surface area contributed by atoms with Gasteiger partial charge < -0.3 is 20.1 Å². The first-order chi connectivity index (χ1) is 17.0. The quantitative estimate of drug-likeness (QED) is 0.266. The zero-order chi connectivity index (χ0) is 25.4. The van der Waals surface area contributed by atoms with E-state index >= 15 is 0 Å². The van der Waals surface area contributed by atoms with Gasteiger partial charge in [0, 0.05) is 43.7 Å². The molecule has 1 atom stereocenters. The fraction of sp³-hybridized carbons (Fsp3) is 0.400. The van der Waals surface area contributed by atoms with Crippen LogP contribution in [0, 0.1) is 6.92 Å². The zero-order valence-electron chi connectivity index (χ0n) is 20.3. The molecule has 0 amide bonds. The van der Waals surface area contributed by atoms with Crippen molar-refractivity contribution in [1.82, 2.24) is 24.5 Å². The Kier molecular flexibility index (Phi) is 9.04. The van der Waals surface area contributed by atoms with E-state index in [9.17, 15) is 14.7 Å². The van der Waals surface area contributed by atoms with Crippen LogP contribution in [0.2, 0.25) is 0 Å². The Hall–Kier alpha value is -3.63. The normalized spacial score (nSPS) is 11.8. The van der Waals surface area contributed by atoms with Crippen LogP contribution in [0.5, 0.6) is 0 Å². The minimum atomic E-state index is -0.751. The summed E-state index contributed by atoms with van der Waals surface area (Å²) in [6, 6.07) is 9.60. The molecular formula is C25H32N6O4. The van der Waals surface area contributed by atoms with Crippen LogP contribution < -0.4 is 16.6 Å². The minimum absolute atomic E-state index is 0.0639. The van der Waals surface area contributed by atoms with Gasteiger partial charge in [0.1, 0.15) is 0 Å². The lowest BCUT2D eigenvalue weighted by Gasteiger charge is -2.20. The zero-order valence-corrected chi connectivity index (χ0v) is 20.3. The molecule has 0 spiro atoms. The van der Waals surface area contributed by atoms with Crippen molar-refractivity contribution in [2.75, 3.05) is 18.5 Å². The molecule has 4 N–H and O–H groups in total. The molecule has 0 radical (unpaired) electrons. The molecule has 35 heavy (non-hydrogen) atoms. The van der Waals surface area contributed by atoms with Crippen LogP contribution in [0.4, 0.5) is 5.69 Å². The Bertz CT molecular complexity index is 1340. The number of nitrogens with zero attached hydrogens (tertiary/aromatic N) is 4. The summed E-state index contributed by atoms with van der Waals surface area (Å²) in [4.78, 5) is 39.3. The van der Waals surface area contributed by atoms with Crippen molar-refractivity contribution in [3.63, 3.8) is 0 Å². The fourth-order valence-electron chi connectivity index (χ4n) is 3.81. The number of rotatable bonds is 9. The summed E-state index contributed by atoms with van der Waals surface area (Å²) in [5, 5.41) is 22.6. The number of aliphatic hydroxyl groups is 2. The number of H-pyrrole nitrogens is 1. The maximum absolute atomic E-state index is 12.4. The molecule has 10 heteroatoms. The number of pyridine rings is 1. The highest BCUT2D eigenvalue weighted by atomic mass is 16.3. The number of aromatic amines is 1. The Labute approximate surface area is 203 Å². The van der Waals surface area contributed by atoms with E-state index in [4.69, 9.17) is 5.11 Å². The van der Waals surface area contributed by atoms with Crippen molar-refractivity contribution >= 4 is 16.7 Å². The molecule has 10 nitrogen and oxygen atoms in total. The average Bonchev–Trinajstić information content (AvgIpc) is 2.85. The van der Waals surface area contributed by atoms with Gasteiger partial charge in [-0.25, -0.2) is 9.78 Å². The number of nitrogens with one attached hydrogen (secondary N) is 2. The minimum Gasteiger partial charge on any atom is -0.396 e. The van der Waals surface area contributed by atoms with Gasteiger partial charge in [0.05, 0.1) is 17.1 Å². The third kappa shape index (κ3) is 6.28. The molecule has 1 aromatic carbocycles. The first-order valence-electron chi connectivity index (χ1n) is 11.8. The van der Waals surface area contributed by atoms with Crippen LogP contribution in [0.25, 0.3) is 22.6 Å². The highest BCUT2D eigenvalue weighted by molar-refractivity contribution is 5.84. The Balaban J connectivity index is 0.00000167. The van der Waals surface area contributed by atoms with E-state index in [0.29, 0.717) is 30.5 Å². The van der Waals surface area contributed by atoms with Gasteiger partial charge in [-0.1, -0.05) is 19.9 Å². The number of aromatic nitrogens is 5. The third-order valence-electron chi connectivity index (χ3n) is 5.53. The summed E-state index contributed by atoms with van der Waals surface area (Å²) >= 11 is 0. The molecule has 0 bridgehead atoms. The molecule has 1 aromatic heterocycles. The number of hydrogen-bond donors (Lipinski definition) is 4. The number of aliphatic hydroxyl groups excluding tert-OH is 2. The molecule has 0 saturated carbocycles. The average molecular weight is 481 g/mol. The molecule has 186 valence electrons. The molecule has 1 unspecified atom stereocenters. The highest BCUT2D eigenvalue weighted by Crippen LogP contribution is 2.27. The second-order valence-electron chi connectivity index (χ2n) is 7.92. The topological polar surface area (TPSA) is 146 Å². The lowest BCUT2D eigenvalue weighted by molar-refractivity contribution is 0.121. The maximum Gasteiger partial charge on any atom is 0.349 e. The first-order valence-corrected chi connectivity index (χ1v) is 11.8. The van der Waals surface area contributed by atoms with Crippen molar-refractivity contribution in [2.24, 2.45) is 0 Å². The van der Waals surface area contributed by atoms with Crippen LogP contribution in [-0.4, -0.2) is 54.0 Å². The van der Waals surface area contributed by atoms with Crippen molar-refractivity contribution in [2.45, 2.75) is 52.7 Å². The second-order valence-corrected chi connectivity index (χ2v) is 7.92. The van der Waals surface area contributed by atoms with Crippen LogP contribution in [0.15, 0.2) is 46.1 Å². The van der Waals surface area contributed by atoms with Gasteiger partial charge in [0.2, 0.25) is 0 Å². The third-order valence-corrected chi connectivity index (χ3v) is 5.53. The van der Waals surface area contributed by atoms with Gasteiger partial charge in [-0.2, -0.15) is 4.98 Å². The summed E-state index contributed by atoms with van der Waals surface area (Å²) in [6.45, 7) is 6.79. The van der Waals surface area contributed by atoms with Crippen molar-refractivity contribution in [3.05, 3.63) is 68.6 Å². The number of anilines is 1. The number of hydrogen-bond acceptors (Lipinski definition) is 8. The largest absolute Gasteiger partial charge is 0.396 e. The van der Waals surface area contributed by atoms with Gasteiger partial charge in [-0.3, -0.25) is 14.8 Å². The number of aryl methyl sites for hydroxylation is 2. The Morgan fingerprint density at radius 1 is 1.14 bits per heavy atom. The second kappa shape index (κ2) is 12.2. The van der Waals surface area contributed by atoms with Crippen LogP contribution in [0.1, 0.15) is 37.9 Å². The van der Waals surface area contributed by atoms with E-state index in [-0.39, 0.29) is 24.5 Å². The lowest BCUT2D eigenvalue weighted by Crippen LogP contribution is -2.29. The summed E-state index contributed by atoms with van der Waals surface area (Å²) in [7, 11) is 0. The van der Waals surface area contributed by atoms with E-state index in [1.165, 1.54) is 0 Å².